The van der Waals surface area contributed by atoms with Gasteiger partial charge in [-0.1, -0.05) is 0 Å². The van der Waals surface area contributed by atoms with Gasteiger partial charge < -0.3 is 19.9 Å². The lowest BCUT2D eigenvalue weighted by Gasteiger charge is -2.30. The average molecular weight is 320 g/mol. The number of imidazole rings is 1. The van der Waals surface area contributed by atoms with Crippen LogP contribution in [0.1, 0.15) is 37.2 Å². The molecule has 23 heavy (non-hydrogen) atoms. The van der Waals surface area contributed by atoms with E-state index in [2.05, 4.69) is 21.1 Å². The third-order valence-electron chi connectivity index (χ3n) is 4.67. The zero-order chi connectivity index (χ0) is 16.2. The number of hydrogen-bond acceptors (Lipinski definition) is 3. The molecule has 1 fully saturated rings. The second-order valence-electron chi connectivity index (χ2n) is 6.40. The van der Waals surface area contributed by atoms with Crippen molar-refractivity contribution >= 4 is 12.0 Å². The summed E-state index contributed by atoms with van der Waals surface area (Å²) in [5.74, 6) is -0.0987. The lowest BCUT2D eigenvalue weighted by atomic mass is 9.99. The summed E-state index contributed by atoms with van der Waals surface area (Å²) >= 11 is 0. The highest BCUT2D eigenvalue weighted by Gasteiger charge is 2.27. The number of piperidine rings is 1. The maximum Gasteiger partial charge on any atom is 0.317 e. The van der Waals surface area contributed by atoms with Crippen LogP contribution in [0.4, 0.5) is 4.79 Å². The second kappa shape index (κ2) is 7.02. The van der Waals surface area contributed by atoms with E-state index in [1.54, 1.807) is 4.90 Å². The zero-order valence-electron chi connectivity index (χ0n) is 13.3. The second-order valence-corrected chi connectivity index (χ2v) is 6.40. The van der Waals surface area contributed by atoms with E-state index in [-0.39, 0.29) is 6.03 Å². The molecule has 126 valence electrons. The number of urea groups is 1. The van der Waals surface area contributed by atoms with Gasteiger partial charge in [-0.25, -0.2) is 9.78 Å². The van der Waals surface area contributed by atoms with Crippen molar-refractivity contribution in [3.63, 3.8) is 0 Å². The van der Waals surface area contributed by atoms with Gasteiger partial charge in [-0.05, 0) is 25.7 Å². The fraction of sp³-hybridized carbons (Fsp3) is 0.688. The molecule has 1 saturated heterocycles. The summed E-state index contributed by atoms with van der Waals surface area (Å²) in [4.78, 5) is 29.4. The quantitative estimate of drug-likeness (QED) is 0.874. The number of hydrogen-bond donors (Lipinski definition) is 2. The fourth-order valence-electron chi connectivity index (χ4n) is 3.36. The molecule has 0 spiro atoms. The topological polar surface area (TPSA) is 87.5 Å². The summed E-state index contributed by atoms with van der Waals surface area (Å²) in [6, 6.07) is -0.167. The van der Waals surface area contributed by atoms with E-state index in [0.29, 0.717) is 32.5 Å². The lowest BCUT2D eigenvalue weighted by Crippen LogP contribution is -2.47. The minimum absolute atomic E-state index is 0.167. The largest absolute Gasteiger partial charge is 0.481 e. The van der Waals surface area contributed by atoms with Crippen molar-refractivity contribution in [2.24, 2.45) is 5.92 Å². The predicted octanol–water partition coefficient (Wildman–Crippen LogP) is 1.27. The van der Waals surface area contributed by atoms with Gasteiger partial charge in [0.2, 0.25) is 0 Å². The van der Waals surface area contributed by atoms with Gasteiger partial charge >= 0.3 is 12.0 Å². The zero-order valence-corrected chi connectivity index (χ0v) is 13.3. The summed E-state index contributed by atoms with van der Waals surface area (Å²) < 4.78 is 2.21. The smallest absolute Gasteiger partial charge is 0.317 e. The Morgan fingerprint density at radius 3 is 2.96 bits per heavy atom. The monoisotopic (exact) mass is 320 g/mol. The maximum atomic E-state index is 12.1. The summed E-state index contributed by atoms with van der Waals surface area (Å²) in [6.45, 7) is 2.51. The number of carboxylic acids is 1. The Bertz CT molecular complexity index is 560. The molecule has 2 aliphatic rings. The number of likely N-dealkylation sites (tertiary alicyclic amines) is 1. The molecule has 0 aromatic carbocycles. The Balaban J connectivity index is 1.45. The highest BCUT2D eigenvalue weighted by Crippen LogP contribution is 2.17. The number of carboxylic acid groups (broad SMARTS) is 1. The van der Waals surface area contributed by atoms with E-state index in [0.717, 1.165) is 30.9 Å². The van der Waals surface area contributed by atoms with Crippen LogP contribution in [0.2, 0.25) is 0 Å². The van der Waals surface area contributed by atoms with Gasteiger partial charge in [0.15, 0.2) is 0 Å². The van der Waals surface area contributed by atoms with Crippen LogP contribution in [0.3, 0.4) is 0 Å². The van der Waals surface area contributed by atoms with Crippen molar-refractivity contribution in [2.75, 3.05) is 19.6 Å². The normalized spacial score (nSPS) is 20.9. The van der Waals surface area contributed by atoms with Crippen LogP contribution >= 0.6 is 0 Å². The standard InChI is InChI=1S/C16H24N4O3/c21-15(22)12-4-3-9-20(10-12)16(23)17-7-6-13-11-19-8-2-1-5-14(19)18-13/h11-12H,1-10H2,(H,17,23)(H,21,22). The number of aryl methyl sites for hydroxylation is 2. The van der Waals surface area contributed by atoms with Crippen LogP contribution in [-0.2, 0) is 24.2 Å². The number of carbonyl (C=O) groups excluding carboxylic acids is 1. The first-order valence-corrected chi connectivity index (χ1v) is 8.44. The minimum Gasteiger partial charge on any atom is -0.481 e. The summed E-state index contributed by atoms with van der Waals surface area (Å²) in [7, 11) is 0. The Morgan fingerprint density at radius 2 is 2.17 bits per heavy atom. The van der Waals surface area contributed by atoms with Gasteiger partial charge in [0.25, 0.3) is 0 Å². The molecular weight excluding hydrogens is 296 g/mol. The molecule has 0 bridgehead atoms. The molecular formula is C16H24N4O3. The Labute approximate surface area is 135 Å². The van der Waals surface area contributed by atoms with Crippen molar-refractivity contribution < 1.29 is 14.7 Å². The van der Waals surface area contributed by atoms with E-state index < -0.39 is 11.9 Å². The number of nitrogens with one attached hydrogen (secondary N) is 1. The number of fused-ring (bicyclic) bond motifs is 1. The fourth-order valence-corrected chi connectivity index (χ4v) is 3.36. The molecule has 2 aliphatic heterocycles. The van der Waals surface area contributed by atoms with Crippen LogP contribution in [0.5, 0.6) is 0 Å². The molecule has 0 aliphatic carbocycles. The molecule has 7 heteroatoms. The summed E-state index contributed by atoms with van der Waals surface area (Å²) in [5, 5.41) is 12.0. The van der Waals surface area contributed by atoms with Gasteiger partial charge in [-0.3, -0.25) is 4.79 Å². The van der Waals surface area contributed by atoms with Crippen LogP contribution in [0.15, 0.2) is 6.20 Å². The Morgan fingerprint density at radius 1 is 1.30 bits per heavy atom. The first-order chi connectivity index (χ1) is 11.1. The van der Waals surface area contributed by atoms with Crippen LogP contribution in [0.25, 0.3) is 0 Å². The van der Waals surface area contributed by atoms with Gasteiger partial charge in [-0.15, -0.1) is 0 Å². The number of carbonyl (C=O) groups is 2. The van der Waals surface area contributed by atoms with Crippen molar-refractivity contribution in [1.82, 2.24) is 19.8 Å². The molecule has 0 saturated carbocycles. The third kappa shape index (κ3) is 3.83. The van der Waals surface area contributed by atoms with Gasteiger partial charge in [-0.2, -0.15) is 0 Å². The van der Waals surface area contributed by atoms with Crippen LogP contribution < -0.4 is 5.32 Å². The summed E-state index contributed by atoms with van der Waals surface area (Å²) in [6.07, 6.45) is 7.64. The van der Waals surface area contributed by atoms with Gasteiger partial charge in [0.1, 0.15) is 5.82 Å². The molecule has 1 aromatic rings. The predicted molar refractivity (Wildman–Crippen MR) is 84.2 cm³/mol. The SMILES string of the molecule is O=C(O)C1CCCN(C(=O)NCCc2cn3c(n2)CCCC3)C1. The number of rotatable bonds is 4. The lowest BCUT2D eigenvalue weighted by molar-refractivity contribution is -0.143. The van der Waals surface area contributed by atoms with Crippen LogP contribution in [0, 0.1) is 5.92 Å². The Kier molecular flexibility index (Phi) is 4.83. The number of aromatic nitrogens is 2. The molecule has 3 heterocycles. The highest BCUT2D eigenvalue weighted by atomic mass is 16.4. The number of aliphatic carboxylic acids is 1. The molecule has 3 rings (SSSR count). The maximum absolute atomic E-state index is 12.1. The molecule has 1 unspecified atom stereocenters. The van der Waals surface area contributed by atoms with Crippen LogP contribution in [-0.4, -0.2) is 51.2 Å². The highest BCUT2D eigenvalue weighted by molar-refractivity contribution is 5.76. The van der Waals surface area contributed by atoms with Crippen molar-refractivity contribution in [1.29, 1.82) is 0 Å². The molecule has 2 N–H and O–H groups in total. The first-order valence-electron chi connectivity index (χ1n) is 8.44. The molecule has 1 aromatic heterocycles. The van der Waals surface area contributed by atoms with Crippen molar-refractivity contribution in [3.05, 3.63) is 17.7 Å². The van der Waals surface area contributed by atoms with E-state index in [4.69, 9.17) is 5.11 Å². The number of amides is 2. The third-order valence-corrected chi connectivity index (χ3v) is 4.67. The molecule has 1 atom stereocenters. The van der Waals surface area contributed by atoms with E-state index in [1.165, 1.54) is 12.8 Å². The number of nitrogens with zero attached hydrogens (tertiary/aromatic N) is 3. The summed E-state index contributed by atoms with van der Waals surface area (Å²) in [5.41, 5.74) is 1.02. The van der Waals surface area contributed by atoms with Gasteiger partial charge in [0.05, 0.1) is 11.6 Å². The van der Waals surface area contributed by atoms with E-state index in [9.17, 15) is 9.59 Å². The van der Waals surface area contributed by atoms with Gasteiger partial charge in [0, 0.05) is 45.2 Å². The van der Waals surface area contributed by atoms with E-state index >= 15 is 0 Å². The molecule has 2 amide bonds. The first kappa shape index (κ1) is 15.8. The Hall–Kier alpha value is -2.05. The van der Waals surface area contributed by atoms with E-state index in [1.807, 2.05) is 0 Å². The van der Waals surface area contributed by atoms with Crippen molar-refractivity contribution in [2.45, 2.75) is 45.1 Å². The van der Waals surface area contributed by atoms with Crippen molar-refractivity contribution in [3.8, 4) is 0 Å². The minimum atomic E-state index is -0.814. The molecule has 7 nitrogen and oxygen atoms in total. The average Bonchev–Trinajstić information content (AvgIpc) is 2.97. The molecule has 0 radical (unpaired) electrons.